The average molecular weight is 200 g/mol. The zero-order chi connectivity index (χ0) is 10.5. The minimum absolute atomic E-state index is 0.0667. The fourth-order valence-electron chi connectivity index (χ4n) is 1.41. The predicted octanol–water partition coefficient (Wildman–Crippen LogP) is 2.36. The standard InChI is InChI=1S/C12H12N2O/c15-12(14-9-8-13-10-14)7-6-11-4-2-1-3-5-11/h1-2,4,6-10H,3,5H2/b7-6+. The summed E-state index contributed by atoms with van der Waals surface area (Å²) in [4.78, 5) is 15.4. The molecular formula is C12H12N2O. The van der Waals surface area contributed by atoms with Gasteiger partial charge in [-0.1, -0.05) is 24.3 Å². The zero-order valence-electron chi connectivity index (χ0n) is 8.34. The summed E-state index contributed by atoms with van der Waals surface area (Å²) < 4.78 is 1.45. The Kier molecular flexibility index (Phi) is 2.93. The third kappa shape index (κ3) is 2.53. The van der Waals surface area contributed by atoms with E-state index in [1.54, 1.807) is 18.5 Å². The van der Waals surface area contributed by atoms with E-state index in [1.807, 2.05) is 18.2 Å². The Morgan fingerprint density at radius 1 is 1.53 bits per heavy atom. The molecule has 3 nitrogen and oxygen atoms in total. The van der Waals surface area contributed by atoms with Crippen LogP contribution in [0.25, 0.3) is 0 Å². The van der Waals surface area contributed by atoms with Crippen molar-refractivity contribution in [2.24, 2.45) is 0 Å². The summed E-state index contributed by atoms with van der Waals surface area (Å²) in [7, 11) is 0. The van der Waals surface area contributed by atoms with Gasteiger partial charge in [-0.05, 0) is 18.4 Å². The van der Waals surface area contributed by atoms with E-state index >= 15 is 0 Å². The number of hydrogen-bond acceptors (Lipinski definition) is 2. The topological polar surface area (TPSA) is 34.9 Å². The van der Waals surface area contributed by atoms with Crippen LogP contribution in [-0.4, -0.2) is 15.5 Å². The average Bonchev–Trinajstić information content (AvgIpc) is 2.81. The van der Waals surface area contributed by atoms with Crippen LogP contribution < -0.4 is 0 Å². The van der Waals surface area contributed by atoms with E-state index in [0.29, 0.717) is 0 Å². The molecule has 0 amide bonds. The van der Waals surface area contributed by atoms with Crippen LogP contribution in [0.4, 0.5) is 0 Å². The molecule has 1 aliphatic rings. The van der Waals surface area contributed by atoms with E-state index in [4.69, 9.17) is 0 Å². The first-order chi connectivity index (χ1) is 7.36. The highest BCUT2D eigenvalue weighted by molar-refractivity contribution is 5.90. The van der Waals surface area contributed by atoms with Crippen molar-refractivity contribution >= 4 is 5.91 Å². The number of carbonyl (C=O) groups is 1. The number of imidazole rings is 1. The summed E-state index contributed by atoms with van der Waals surface area (Å²) in [6.07, 6.45) is 16.4. The van der Waals surface area contributed by atoms with Crippen molar-refractivity contribution in [1.82, 2.24) is 9.55 Å². The molecule has 0 spiro atoms. The van der Waals surface area contributed by atoms with E-state index in [0.717, 1.165) is 12.8 Å². The van der Waals surface area contributed by atoms with Gasteiger partial charge in [0.2, 0.25) is 0 Å². The Morgan fingerprint density at radius 2 is 2.47 bits per heavy atom. The molecule has 0 saturated heterocycles. The monoisotopic (exact) mass is 200 g/mol. The summed E-state index contributed by atoms with van der Waals surface area (Å²) in [6.45, 7) is 0. The van der Waals surface area contributed by atoms with Gasteiger partial charge in [-0.25, -0.2) is 4.98 Å². The third-order valence-electron chi connectivity index (χ3n) is 2.24. The maximum atomic E-state index is 11.5. The molecule has 0 atom stereocenters. The lowest BCUT2D eigenvalue weighted by atomic mass is 10.1. The summed E-state index contributed by atoms with van der Waals surface area (Å²) in [5.41, 5.74) is 1.19. The van der Waals surface area contributed by atoms with Crippen LogP contribution in [0.2, 0.25) is 0 Å². The molecule has 0 fully saturated rings. The molecule has 1 aromatic rings. The Morgan fingerprint density at radius 3 is 3.13 bits per heavy atom. The summed E-state index contributed by atoms with van der Waals surface area (Å²) in [5, 5.41) is 0. The fourth-order valence-corrected chi connectivity index (χ4v) is 1.41. The van der Waals surface area contributed by atoms with Crippen molar-refractivity contribution in [3.63, 3.8) is 0 Å². The summed E-state index contributed by atoms with van der Waals surface area (Å²) in [5.74, 6) is -0.0667. The number of hydrogen-bond donors (Lipinski definition) is 0. The van der Waals surface area contributed by atoms with Crippen LogP contribution in [0.3, 0.4) is 0 Å². The van der Waals surface area contributed by atoms with Gasteiger partial charge in [0, 0.05) is 18.5 Å². The predicted molar refractivity (Wildman–Crippen MR) is 58.5 cm³/mol. The maximum absolute atomic E-state index is 11.5. The summed E-state index contributed by atoms with van der Waals surface area (Å²) in [6, 6.07) is 0. The van der Waals surface area contributed by atoms with Gasteiger partial charge in [-0.3, -0.25) is 9.36 Å². The largest absolute Gasteiger partial charge is 0.273 e. The highest BCUT2D eigenvalue weighted by Gasteiger charge is 1.99. The molecule has 0 radical (unpaired) electrons. The van der Waals surface area contributed by atoms with E-state index in [2.05, 4.69) is 11.1 Å². The lowest BCUT2D eigenvalue weighted by Crippen LogP contribution is -2.03. The summed E-state index contributed by atoms with van der Waals surface area (Å²) >= 11 is 0. The van der Waals surface area contributed by atoms with Crippen LogP contribution in [0.15, 0.2) is 54.7 Å². The van der Waals surface area contributed by atoms with Gasteiger partial charge in [0.15, 0.2) is 0 Å². The normalized spacial score (nSPS) is 15.6. The van der Waals surface area contributed by atoms with Gasteiger partial charge < -0.3 is 0 Å². The second-order valence-corrected chi connectivity index (χ2v) is 3.35. The molecule has 15 heavy (non-hydrogen) atoms. The van der Waals surface area contributed by atoms with E-state index < -0.39 is 0 Å². The fraction of sp³-hybridized carbons (Fsp3) is 0.167. The van der Waals surface area contributed by atoms with Crippen molar-refractivity contribution in [3.8, 4) is 0 Å². The van der Waals surface area contributed by atoms with Gasteiger partial charge in [0.25, 0.3) is 5.91 Å². The smallest absolute Gasteiger partial charge is 0.255 e. The molecule has 0 N–H and O–H groups in total. The van der Waals surface area contributed by atoms with Crippen LogP contribution in [0, 0.1) is 0 Å². The van der Waals surface area contributed by atoms with Crippen LogP contribution in [0.1, 0.15) is 17.6 Å². The third-order valence-corrected chi connectivity index (χ3v) is 2.24. The molecule has 2 rings (SSSR count). The first-order valence-electron chi connectivity index (χ1n) is 4.92. The van der Waals surface area contributed by atoms with Gasteiger partial charge in [-0.2, -0.15) is 0 Å². The molecule has 1 aliphatic carbocycles. The highest BCUT2D eigenvalue weighted by atomic mass is 16.1. The van der Waals surface area contributed by atoms with E-state index in [1.165, 1.54) is 16.5 Å². The lowest BCUT2D eigenvalue weighted by Gasteiger charge is -2.02. The van der Waals surface area contributed by atoms with Crippen molar-refractivity contribution in [2.45, 2.75) is 12.8 Å². The number of carbonyl (C=O) groups excluding carboxylic acids is 1. The molecule has 1 heterocycles. The molecule has 0 saturated carbocycles. The Balaban J connectivity index is 2.02. The Bertz CT molecular complexity index is 424. The van der Waals surface area contributed by atoms with Gasteiger partial charge in [0.05, 0.1) is 0 Å². The first-order valence-corrected chi connectivity index (χ1v) is 4.92. The second kappa shape index (κ2) is 4.55. The minimum atomic E-state index is -0.0667. The van der Waals surface area contributed by atoms with Crippen LogP contribution in [0.5, 0.6) is 0 Å². The Hall–Kier alpha value is -1.90. The molecule has 0 aliphatic heterocycles. The van der Waals surface area contributed by atoms with Gasteiger partial charge in [0.1, 0.15) is 6.33 Å². The molecule has 0 aromatic carbocycles. The number of allylic oxidation sites excluding steroid dienone is 6. The second-order valence-electron chi connectivity index (χ2n) is 3.35. The van der Waals surface area contributed by atoms with Crippen molar-refractivity contribution in [1.29, 1.82) is 0 Å². The zero-order valence-corrected chi connectivity index (χ0v) is 8.34. The van der Waals surface area contributed by atoms with Crippen LogP contribution >= 0.6 is 0 Å². The van der Waals surface area contributed by atoms with Crippen LogP contribution in [-0.2, 0) is 0 Å². The first kappa shape index (κ1) is 9.65. The van der Waals surface area contributed by atoms with Gasteiger partial charge >= 0.3 is 0 Å². The number of aromatic nitrogens is 2. The maximum Gasteiger partial charge on any atom is 0.255 e. The molecule has 1 aromatic heterocycles. The highest BCUT2D eigenvalue weighted by Crippen LogP contribution is 2.12. The quantitative estimate of drug-likeness (QED) is 0.687. The molecule has 0 bridgehead atoms. The van der Waals surface area contributed by atoms with E-state index in [9.17, 15) is 4.79 Å². The van der Waals surface area contributed by atoms with Crippen molar-refractivity contribution in [3.05, 3.63) is 54.7 Å². The van der Waals surface area contributed by atoms with Crippen molar-refractivity contribution in [2.75, 3.05) is 0 Å². The molecule has 3 heteroatoms. The van der Waals surface area contributed by atoms with Crippen molar-refractivity contribution < 1.29 is 4.79 Å². The lowest BCUT2D eigenvalue weighted by molar-refractivity contribution is 0.0968. The van der Waals surface area contributed by atoms with E-state index in [-0.39, 0.29) is 5.91 Å². The number of rotatable bonds is 2. The molecule has 0 unspecified atom stereocenters. The van der Waals surface area contributed by atoms with Gasteiger partial charge in [-0.15, -0.1) is 0 Å². The molecular weight excluding hydrogens is 188 g/mol. The minimum Gasteiger partial charge on any atom is -0.273 e. The molecule has 76 valence electrons. The number of nitrogens with zero attached hydrogens (tertiary/aromatic N) is 2. The SMILES string of the molecule is O=C(/C=C/C1=CC=CCC1)n1ccnc1. The Labute approximate surface area is 88.4 Å².